The molecule has 1 aliphatic rings. The fourth-order valence-electron chi connectivity index (χ4n) is 5.62. The van der Waals surface area contributed by atoms with Crippen LogP contribution in [0.1, 0.15) is 49.7 Å². The summed E-state index contributed by atoms with van der Waals surface area (Å²) in [4.78, 5) is 17.6. The second kappa shape index (κ2) is 15.0. The Morgan fingerprint density at radius 1 is 0.976 bits per heavy atom. The number of piperidine rings is 1. The summed E-state index contributed by atoms with van der Waals surface area (Å²) in [6, 6.07) is 28.8. The second-order valence-corrected chi connectivity index (χ2v) is 13.2. The van der Waals surface area contributed by atoms with E-state index >= 15 is 0 Å². The Morgan fingerprint density at radius 2 is 1.56 bits per heavy atom. The number of likely N-dealkylation sites (tertiary alicyclic amines) is 1. The maximum atomic E-state index is 13.3. The van der Waals surface area contributed by atoms with Gasteiger partial charge in [-0.3, -0.25) is 0 Å². The monoisotopic (exact) mass is 574 g/mol. The third kappa shape index (κ3) is 8.54. The van der Waals surface area contributed by atoms with Crippen LogP contribution in [0.2, 0.25) is 0 Å². The molecule has 0 spiro atoms. The molecule has 0 N–H and O–H groups in total. The van der Waals surface area contributed by atoms with Crippen LogP contribution in [0, 0.1) is 0 Å². The van der Waals surface area contributed by atoms with E-state index in [1.54, 1.807) is 35.2 Å². The minimum absolute atomic E-state index is 0.105. The van der Waals surface area contributed by atoms with E-state index in [0.29, 0.717) is 17.9 Å². The van der Waals surface area contributed by atoms with Gasteiger partial charge in [0, 0.05) is 25.7 Å². The normalized spacial score (nSPS) is 16.0. The molecule has 2 unspecified atom stereocenters. The number of sulfone groups is 1. The summed E-state index contributed by atoms with van der Waals surface area (Å²) in [5, 5.41) is -0.491. The molecule has 0 radical (unpaired) electrons. The number of carbonyl (C=O) groups is 1. The third-order valence-electron chi connectivity index (χ3n) is 8.05. The van der Waals surface area contributed by atoms with Gasteiger partial charge in [0.05, 0.1) is 10.1 Å². The molecule has 0 aliphatic carbocycles. The molecule has 3 aromatic carbocycles. The zero-order chi connectivity index (χ0) is 29.1. The number of nitrogens with zero attached hydrogens (tertiary/aromatic N) is 2. The fourth-order valence-corrected chi connectivity index (χ4v) is 7.11. The first-order valence-corrected chi connectivity index (χ1v) is 16.1. The highest BCUT2D eigenvalue weighted by molar-refractivity contribution is 7.92. The zero-order valence-electron chi connectivity index (χ0n) is 24.0. The molecule has 1 saturated heterocycles. The van der Waals surface area contributed by atoms with Crippen LogP contribution in [-0.4, -0.2) is 61.8 Å². The summed E-state index contributed by atoms with van der Waals surface area (Å²) in [5.41, 5.74) is 2.14. The Morgan fingerprint density at radius 3 is 2.17 bits per heavy atom. The second-order valence-electron chi connectivity index (χ2n) is 10.9. The van der Waals surface area contributed by atoms with E-state index in [0.717, 1.165) is 44.5 Å². The molecule has 7 heteroatoms. The van der Waals surface area contributed by atoms with Crippen molar-refractivity contribution in [2.24, 2.45) is 0 Å². The molecule has 3 aromatic rings. The fraction of sp³-hybridized carbons (Fsp3) is 0.382. The Labute approximate surface area is 245 Å². The molecule has 1 amide bonds. The van der Waals surface area contributed by atoms with E-state index in [4.69, 9.17) is 4.74 Å². The Balaban J connectivity index is 1.33. The summed E-state index contributed by atoms with van der Waals surface area (Å²) in [6.45, 7) is 9.03. The van der Waals surface area contributed by atoms with Gasteiger partial charge in [-0.2, -0.15) is 0 Å². The first kappa shape index (κ1) is 30.5. The lowest BCUT2D eigenvalue weighted by Crippen LogP contribution is -2.47. The molecular weight excluding hydrogens is 532 g/mol. The highest BCUT2D eigenvalue weighted by atomic mass is 32.2. The van der Waals surface area contributed by atoms with Crippen LogP contribution in [0.5, 0.6) is 0 Å². The molecule has 0 aromatic heterocycles. The number of ether oxygens (including phenoxy) is 1. The van der Waals surface area contributed by atoms with E-state index in [9.17, 15) is 13.2 Å². The van der Waals surface area contributed by atoms with Gasteiger partial charge in [0.1, 0.15) is 6.61 Å². The molecule has 0 saturated carbocycles. The number of hydrogen-bond acceptors (Lipinski definition) is 5. The maximum Gasteiger partial charge on any atom is 0.410 e. The van der Waals surface area contributed by atoms with Gasteiger partial charge in [-0.05, 0) is 68.3 Å². The van der Waals surface area contributed by atoms with Gasteiger partial charge in [-0.1, -0.05) is 84.9 Å². The Hall–Kier alpha value is -3.42. The summed E-state index contributed by atoms with van der Waals surface area (Å²) >= 11 is 0. The third-order valence-corrected chi connectivity index (χ3v) is 10.2. The molecule has 1 aliphatic heterocycles. The van der Waals surface area contributed by atoms with Crippen LogP contribution in [0.15, 0.2) is 109 Å². The van der Waals surface area contributed by atoms with Crippen molar-refractivity contribution >= 4 is 15.9 Å². The Kier molecular flexibility index (Phi) is 11.2. The van der Waals surface area contributed by atoms with Crippen LogP contribution < -0.4 is 0 Å². The lowest BCUT2D eigenvalue weighted by atomic mass is 9.90. The van der Waals surface area contributed by atoms with E-state index < -0.39 is 15.1 Å². The minimum atomic E-state index is -3.41. The van der Waals surface area contributed by atoms with Gasteiger partial charge in [0.25, 0.3) is 0 Å². The minimum Gasteiger partial charge on any atom is -0.445 e. The van der Waals surface area contributed by atoms with Crippen molar-refractivity contribution in [2.75, 3.05) is 26.2 Å². The number of benzene rings is 3. The SMILES string of the molecule is C=CCN(C(=O)OCc1ccccc1)C1CCN(CCC(CC(C)S(=O)(=O)c2ccccc2)c2ccccc2)CC1. The van der Waals surface area contributed by atoms with Crippen LogP contribution in [-0.2, 0) is 21.2 Å². The van der Waals surface area contributed by atoms with Crippen molar-refractivity contribution in [3.63, 3.8) is 0 Å². The topological polar surface area (TPSA) is 66.9 Å². The van der Waals surface area contributed by atoms with Crippen LogP contribution in [0.25, 0.3) is 0 Å². The first-order chi connectivity index (χ1) is 19.9. The lowest BCUT2D eigenvalue weighted by molar-refractivity contribution is 0.0655. The number of amides is 1. The molecule has 6 nitrogen and oxygen atoms in total. The van der Waals surface area contributed by atoms with Crippen LogP contribution >= 0.6 is 0 Å². The number of hydrogen-bond donors (Lipinski definition) is 0. The number of rotatable bonds is 13. The average molecular weight is 575 g/mol. The van der Waals surface area contributed by atoms with Crippen molar-refractivity contribution < 1.29 is 17.9 Å². The highest BCUT2D eigenvalue weighted by Gasteiger charge is 2.30. The smallest absolute Gasteiger partial charge is 0.410 e. The van der Waals surface area contributed by atoms with Gasteiger partial charge in [0.2, 0.25) is 0 Å². The zero-order valence-corrected chi connectivity index (χ0v) is 24.8. The van der Waals surface area contributed by atoms with Gasteiger partial charge in [-0.25, -0.2) is 13.2 Å². The van der Waals surface area contributed by atoms with Gasteiger partial charge >= 0.3 is 6.09 Å². The molecule has 218 valence electrons. The molecular formula is C34H42N2O4S. The Bertz CT molecular complexity index is 1320. The quantitative estimate of drug-likeness (QED) is 0.213. The van der Waals surface area contributed by atoms with Crippen molar-refractivity contribution in [3.05, 3.63) is 115 Å². The number of carbonyl (C=O) groups excluding carboxylic acids is 1. The van der Waals surface area contributed by atoms with Gasteiger partial charge in [-0.15, -0.1) is 6.58 Å². The first-order valence-electron chi connectivity index (χ1n) is 14.5. The molecule has 41 heavy (non-hydrogen) atoms. The summed E-state index contributed by atoms with van der Waals surface area (Å²) in [7, 11) is -3.41. The van der Waals surface area contributed by atoms with Crippen molar-refractivity contribution in [1.82, 2.24) is 9.80 Å². The molecule has 1 heterocycles. The average Bonchev–Trinajstić information content (AvgIpc) is 3.02. The van der Waals surface area contributed by atoms with E-state index in [1.165, 1.54) is 5.56 Å². The van der Waals surface area contributed by atoms with E-state index in [-0.39, 0.29) is 24.7 Å². The predicted octanol–water partition coefficient (Wildman–Crippen LogP) is 6.70. The molecule has 1 fully saturated rings. The van der Waals surface area contributed by atoms with Crippen LogP contribution in [0.4, 0.5) is 4.79 Å². The van der Waals surface area contributed by atoms with Crippen molar-refractivity contribution in [3.8, 4) is 0 Å². The summed E-state index contributed by atoms with van der Waals surface area (Å²) in [6.07, 6.45) is 4.62. The van der Waals surface area contributed by atoms with Crippen LogP contribution in [0.3, 0.4) is 0 Å². The molecule has 2 atom stereocenters. The molecule has 0 bridgehead atoms. The molecule has 4 rings (SSSR count). The van der Waals surface area contributed by atoms with Gasteiger partial charge in [0.15, 0.2) is 9.84 Å². The standard InChI is InChI=1S/C34H42N2O4S/c1-3-22-36(34(37)40-27-29-13-7-4-8-14-29)32-20-24-35(25-21-32)23-19-31(30-15-9-5-10-16-30)26-28(2)41(38,39)33-17-11-6-12-18-33/h3-18,28,31-32H,1,19-27H2,2H3. The van der Waals surface area contributed by atoms with Crippen molar-refractivity contribution in [2.45, 2.75) is 61.3 Å². The van der Waals surface area contributed by atoms with Crippen molar-refractivity contribution in [1.29, 1.82) is 0 Å². The predicted molar refractivity (Wildman–Crippen MR) is 164 cm³/mol. The van der Waals surface area contributed by atoms with Gasteiger partial charge < -0.3 is 14.5 Å². The largest absolute Gasteiger partial charge is 0.445 e. The van der Waals surface area contributed by atoms with E-state index in [1.807, 2.05) is 61.5 Å². The maximum absolute atomic E-state index is 13.3. The lowest BCUT2D eigenvalue weighted by Gasteiger charge is -2.38. The highest BCUT2D eigenvalue weighted by Crippen LogP contribution is 2.30. The van der Waals surface area contributed by atoms with E-state index in [2.05, 4.69) is 23.6 Å². The summed E-state index contributed by atoms with van der Waals surface area (Å²) < 4.78 is 32.2. The summed E-state index contributed by atoms with van der Waals surface area (Å²) in [5.74, 6) is 0.132.